The Morgan fingerprint density at radius 1 is 0.889 bits per heavy atom. The first-order valence-corrected chi connectivity index (χ1v) is 6.37. The molecule has 0 amide bonds. The average Bonchev–Trinajstić information content (AvgIpc) is 3.21. The summed E-state index contributed by atoms with van der Waals surface area (Å²) in [6.07, 6.45) is 0. The van der Waals surface area contributed by atoms with Crippen molar-refractivity contribution in [1.29, 1.82) is 0 Å². The van der Waals surface area contributed by atoms with E-state index in [-0.39, 0.29) is 23.8 Å². The number of fused-ring (bicyclic) bond motifs is 3. The average molecular weight is 250 g/mol. The largest absolute Gasteiger partial charge is 0.469 e. The molecule has 3 aliphatic rings. The molecule has 0 N–H and O–H groups in total. The lowest BCUT2D eigenvalue weighted by Gasteiger charge is -2.08. The van der Waals surface area contributed by atoms with Gasteiger partial charge in [0.1, 0.15) is 0 Å². The van der Waals surface area contributed by atoms with Gasteiger partial charge in [-0.2, -0.15) is 0 Å². The third-order valence-corrected chi connectivity index (χ3v) is 4.84. The van der Waals surface area contributed by atoms with Crippen LogP contribution in [-0.2, 0) is 19.1 Å². The van der Waals surface area contributed by atoms with E-state index in [2.05, 4.69) is 13.8 Å². The van der Waals surface area contributed by atoms with Crippen LogP contribution < -0.4 is 0 Å². The number of esters is 2. The quantitative estimate of drug-likeness (QED) is 0.549. The molecular weight excluding hydrogens is 232 g/mol. The summed E-state index contributed by atoms with van der Waals surface area (Å²) < 4.78 is 9.70. The number of methoxy groups -OCH3 is 2. The van der Waals surface area contributed by atoms with Crippen LogP contribution in [0.1, 0.15) is 13.8 Å². The predicted octanol–water partition coefficient (Wildman–Crippen LogP) is 1.41. The fourth-order valence-electron chi connectivity index (χ4n) is 4.20. The Hall–Kier alpha value is -1.32. The molecule has 0 heterocycles. The second-order valence-corrected chi connectivity index (χ2v) is 5.76. The van der Waals surface area contributed by atoms with Crippen molar-refractivity contribution in [2.45, 2.75) is 13.8 Å². The third kappa shape index (κ3) is 1.26. The van der Waals surface area contributed by atoms with Crippen molar-refractivity contribution < 1.29 is 19.1 Å². The van der Waals surface area contributed by atoms with Gasteiger partial charge >= 0.3 is 11.9 Å². The van der Waals surface area contributed by atoms with Gasteiger partial charge in [-0.05, 0) is 37.5 Å². The topological polar surface area (TPSA) is 52.6 Å². The van der Waals surface area contributed by atoms with E-state index in [9.17, 15) is 9.59 Å². The molecule has 0 bridgehead atoms. The van der Waals surface area contributed by atoms with Crippen LogP contribution in [-0.4, -0.2) is 26.2 Å². The van der Waals surface area contributed by atoms with Gasteiger partial charge in [0.15, 0.2) is 0 Å². The summed E-state index contributed by atoms with van der Waals surface area (Å²) in [6, 6.07) is 0. The molecule has 0 aromatic rings. The lowest BCUT2D eigenvalue weighted by atomic mass is 9.99. The molecule has 0 saturated heterocycles. The highest BCUT2D eigenvalue weighted by molar-refractivity contribution is 5.84. The van der Waals surface area contributed by atoms with Crippen LogP contribution in [0.3, 0.4) is 0 Å². The van der Waals surface area contributed by atoms with E-state index in [1.54, 1.807) is 0 Å². The summed E-state index contributed by atoms with van der Waals surface area (Å²) in [5, 5.41) is 0. The Morgan fingerprint density at radius 2 is 1.28 bits per heavy atom. The van der Waals surface area contributed by atoms with Crippen molar-refractivity contribution >= 4 is 11.9 Å². The maximum atomic E-state index is 11.7. The number of allylic oxidation sites excluding steroid dienone is 2. The van der Waals surface area contributed by atoms with Crippen LogP contribution in [0.5, 0.6) is 0 Å². The van der Waals surface area contributed by atoms with E-state index in [0.29, 0.717) is 23.7 Å². The van der Waals surface area contributed by atoms with Crippen molar-refractivity contribution in [3.8, 4) is 0 Å². The maximum absolute atomic E-state index is 11.7. The van der Waals surface area contributed by atoms with Gasteiger partial charge in [0, 0.05) is 0 Å². The van der Waals surface area contributed by atoms with Gasteiger partial charge in [-0.1, -0.05) is 11.1 Å². The fourth-order valence-corrected chi connectivity index (χ4v) is 4.20. The molecule has 3 saturated carbocycles. The number of rotatable bonds is 2. The van der Waals surface area contributed by atoms with Crippen molar-refractivity contribution in [1.82, 2.24) is 0 Å². The first kappa shape index (κ1) is 11.8. The summed E-state index contributed by atoms with van der Waals surface area (Å²) >= 11 is 0. The first-order chi connectivity index (χ1) is 8.54. The van der Waals surface area contributed by atoms with Gasteiger partial charge in [-0.15, -0.1) is 0 Å². The number of hydrogen-bond acceptors (Lipinski definition) is 4. The molecule has 98 valence electrons. The summed E-state index contributed by atoms with van der Waals surface area (Å²) in [5.74, 6) is 1.01. The van der Waals surface area contributed by atoms with Crippen LogP contribution >= 0.6 is 0 Å². The molecule has 0 spiro atoms. The van der Waals surface area contributed by atoms with Crippen molar-refractivity contribution in [3.05, 3.63) is 11.1 Å². The molecular formula is C14H18O4. The van der Waals surface area contributed by atoms with E-state index in [1.165, 1.54) is 25.4 Å². The second-order valence-electron chi connectivity index (χ2n) is 5.76. The van der Waals surface area contributed by atoms with E-state index in [4.69, 9.17) is 9.47 Å². The molecule has 0 aromatic heterocycles. The molecule has 0 aromatic carbocycles. The van der Waals surface area contributed by atoms with Crippen LogP contribution in [0.4, 0.5) is 0 Å². The van der Waals surface area contributed by atoms with Gasteiger partial charge in [0.2, 0.25) is 0 Å². The molecule has 6 atom stereocenters. The Balaban J connectivity index is 1.87. The molecule has 3 rings (SSSR count). The van der Waals surface area contributed by atoms with Gasteiger partial charge in [-0.25, -0.2) is 0 Å². The summed E-state index contributed by atoms with van der Waals surface area (Å²) in [6.45, 7) is 4.13. The molecule has 0 unspecified atom stereocenters. The summed E-state index contributed by atoms with van der Waals surface area (Å²) in [4.78, 5) is 23.4. The lowest BCUT2D eigenvalue weighted by Crippen LogP contribution is -2.09. The maximum Gasteiger partial charge on any atom is 0.309 e. The fraction of sp³-hybridized carbons (Fsp3) is 0.714. The van der Waals surface area contributed by atoms with Crippen molar-refractivity contribution in [2.75, 3.05) is 14.2 Å². The number of ether oxygens (including phenoxy) is 2. The second kappa shape index (κ2) is 3.59. The van der Waals surface area contributed by atoms with Crippen LogP contribution in [0.2, 0.25) is 0 Å². The van der Waals surface area contributed by atoms with Gasteiger partial charge in [-0.3, -0.25) is 9.59 Å². The minimum atomic E-state index is -0.127. The highest BCUT2D eigenvalue weighted by Crippen LogP contribution is 2.78. The van der Waals surface area contributed by atoms with Crippen molar-refractivity contribution in [2.24, 2.45) is 35.5 Å². The highest BCUT2D eigenvalue weighted by Gasteiger charge is 2.79. The zero-order valence-electron chi connectivity index (χ0n) is 11.1. The summed E-state index contributed by atoms with van der Waals surface area (Å²) in [7, 11) is 2.86. The van der Waals surface area contributed by atoms with E-state index >= 15 is 0 Å². The van der Waals surface area contributed by atoms with Crippen LogP contribution in [0, 0.1) is 35.5 Å². The van der Waals surface area contributed by atoms with Crippen LogP contribution in [0.25, 0.3) is 0 Å². The van der Waals surface area contributed by atoms with Gasteiger partial charge in [0.05, 0.1) is 26.1 Å². The molecule has 4 heteroatoms. The highest BCUT2D eigenvalue weighted by atomic mass is 16.5. The first-order valence-electron chi connectivity index (χ1n) is 6.37. The molecule has 3 fully saturated rings. The normalized spacial score (nSPS) is 42.8. The molecule has 0 radical (unpaired) electrons. The summed E-state index contributed by atoms with van der Waals surface area (Å²) in [5.41, 5.74) is 2.56. The molecule has 3 aliphatic carbocycles. The SMILES string of the molecule is COC(=O)[C@H]1[C@@H]2C(=C(C)C)[C@H]3[C@H](C(=O)OC)[C@H]3[C@H]12. The van der Waals surface area contributed by atoms with E-state index in [1.807, 2.05) is 0 Å². The monoisotopic (exact) mass is 250 g/mol. The van der Waals surface area contributed by atoms with Gasteiger partial charge < -0.3 is 9.47 Å². The number of carbonyl (C=O) groups is 2. The zero-order chi connectivity index (χ0) is 13.2. The van der Waals surface area contributed by atoms with Gasteiger partial charge in [0.25, 0.3) is 0 Å². The predicted molar refractivity (Wildman–Crippen MR) is 63.3 cm³/mol. The minimum absolute atomic E-state index is 0.0178. The standard InChI is InChI=1S/C14H18O4/c1-5(2)6-7-9(11(7)13(15)17-3)10-8(6)12(10)14(16)18-4/h7-12H,1-4H3/t7-,8-,9-,10-,11+,12+/m1/s1. The van der Waals surface area contributed by atoms with E-state index < -0.39 is 0 Å². The Morgan fingerprint density at radius 3 is 1.56 bits per heavy atom. The van der Waals surface area contributed by atoms with Crippen molar-refractivity contribution in [3.63, 3.8) is 0 Å². The lowest BCUT2D eigenvalue weighted by molar-refractivity contribution is -0.144. The zero-order valence-corrected chi connectivity index (χ0v) is 11.1. The Labute approximate surface area is 106 Å². The Bertz CT molecular complexity index is 424. The smallest absolute Gasteiger partial charge is 0.309 e. The number of carbonyl (C=O) groups excluding carboxylic acids is 2. The third-order valence-electron chi connectivity index (χ3n) is 4.84. The minimum Gasteiger partial charge on any atom is -0.469 e. The van der Waals surface area contributed by atoms with E-state index in [0.717, 1.165) is 0 Å². The molecule has 0 aliphatic heterocycles. The molecule has 4 nitrogen and oxygen atoms in total. The Kier molecular flexibility index (Phi) is 2.34. The van der Waals surface area contributed by atoms with Crippen LogP contribution in [0.15, 0.2) is 11.1 Å². The number of hydrogen-bond donors (Lipinski definition) is 0. The molecule has 18 heavy (non-hydrogen) atoms.